The highest BCUT2D eigenvalue weighted by molar-refractivity contribution is 8.08. The largest absolute Gasteiger partial charge is 0.493 e. The molecular formula is C42H32Cl2O5S2. The molecule has 6 rings (SSSR count). The Hall–Kier alpha value is -4.50. The fourth-order valence-corrected chi connectivity index (χ4v) is 7.05. The first-order valence-corrected chi connectivity index (χ1v) is 18.4. The van der Waals surface area contributed by atoms with Gasteiger partial charge in [0.1, 0.15) is 11.5 Å². The number of carbonyl (C=O) groups is 2. The van der Waals surface area contributed by atoms with Crippen LogP contribution in [0.4, 0.5) is 0 Å². The first kappa shape index (κ1) is 36.3. The van der Waals surface area contributed by atoms with Crippen LogP contribution >= 0.6 is 47.3 Å². The van der Waals surface area contributed by atoms with Crippen molar-refractivity contribution in [3.63, 3.8) is 0 Å². The van der Waals surface area contributed by atoms with Crippen LogP contribution in [0, 0.1) is 0 Å². The summed E-state index contributed by atoms with van der Waals surface area (Å²) < 4.78 is 18.1. The van der Waals surface area contributed by atoms with Crippen molar-refractivity contribution in [3.8, 4) is 33.8 Å². The molecule has 0 aromatic heterocycles. The molecule has 0 saturated carbocycles. The third kappa shape index (κ3) is 10.3. The number of halogens is 2. The van der Waals surface area contributed by atoms with Gasteiger partial charge < -0.3 is 9.47 Å². The van der Waals surface area contributed by atoms with Crippen LogP contribution in [0.5, 0.6) is 11.5 Å². The topological polar surface area (TPSA) is 61.8 Å². The average molecular weight is 752 g/mol. The second kappa shape index (κ2) is 18.1. The van der Waals surface area contributed by atoms with Gasteiger partial charge in [-0.2, -0.15) is 0 Å². The molecule has 0 spiro atoms. The Kier molecular flexibility index (Phi) is 12.9. The highest BCUT2D eigenvalue weighted by Gasteiger charge is 2.15. The molecule has 0 saturated heterocycles. The van der Waals surface area contributed by atoms with Gasteiger partial charge in [0.05, 0.1) is 13.2 Å². The van der Waals surface area contributed by atoms with E-state index in [-0.39, 0.29) is 0 Å². The van der Waals surface area contributed by atoms with Crippen molar-refractivity contribution in [2.24, 2.45) is 0 Å². The Bertz CT molecular complexity index is 1920. The lowest BCUT2D eigenvalue weighted by Gasteiger charge is -2.13. The van der Waals surface area contributed by atoms with Crippen molar-refractivity contribution >= 4 is 57.8 Å². The molecule has 9 heteroatoms. The Balaban J connectivity index is 1.14. The maximum absolute atomic E-state index is 12.1. The van der Waals surface area contributed by atoms with Gasteiger partial charge in [-0.1, -0.05) is 84.9 Å². The number of hydrogen-bond donors (Lipinski definition) is 0. The summed E-state index contributed by atoms with van der Waals surface area (Å²) in [4.78, 5) is 25.7. The first-order valence-electron chi connectivity index (χ1n) is 16.2. The zero-order valence-corrected chi connectivity index (χ0v) is 30.4. The standard InChI is InChI=1S/C42H32Cl2O5S2/c43-41(45)33-15-21-39(37(27-33)31-11-17-35(18-12-31)47-25-23-29-7-3-1-4-8-29)50-49-51-40-22-16-34(42(44)46)28-38(40)32-13-19-36(20-14-32)48-26-24-30-9-5-2-6-10-30/h1-22,27-28H,23-26H2. The SMILES string of the molecule is O=C(Cl)c1ccc(SOSc2ccc(C(=O)Cl)cc2-c2ccc(OCCc3ccccc3)cc2)c(-c2ccc(OCCc3ccccc3)cc2)c1. The zero-order valence-electron chi connectivity index (χ0n) is 27.3. The smallest absolute Gasteiger partial charge is 0.252 e. The molecule has 0 heterocycles. The van der Waals surface area contributed by atoms with Gasteiger partial charge in [-0.15, -0.1) is 0 Å². The molecule has 5 nitrogen and oxygen atoms in total. The van der Waals surface area contributed by atoms with Crippen molar-refractivity contribution in [2.45, 2.75) is 22.6 Å². The summed E-state index contributed by atoms with van der Waals surface area (Å²) in [5.41, 5.74) is 6.50. The normalized spacial score (nSPS) is 10.9. The summed E-state index contributed by atoms with van der Waals surface area (Å²) in [5.74, 6) is 1.50. The van der Waals surface area contributed by atoms with Gasteiger partial charge >= 0.3 is 0 Å². The summed E-state index contributed by atoms with van der Waals surface area (Å²) in [7, 11) is 0. The molecule has 0 aliphatic carbocycles. The van der Waals surface area contributed by atoms with Gasteiger partial charge in [0.25, 0.3) is 10.5 Å². The van der Waals surface area contributed by atoms with Crippen LogP contribution in [0.15, 0.2) is 155 Å². The van der Waals surface area contributed by atoms with Gasteiger partial charge in [-0.3, -0.25) is 9.59 Å². The number of hydrogen-bond acceptors (Lipinski definition) is 7. The zero-order chi connectivity index (χ0) is 35.4. The first-order chi connectivity index (χ1) is 24.9. The minimum atomic E-state index is -0.546. The lowest BCUT2D eigenvalue weighted by Crippen LogP contribution is -2.01. The van der Waals surface area contributed by atoms with Crippen LogP contribution in [-0.4, -0.2) is 23.7 Å². The number of benzene rings is 6. The molecule has 51 heavy (non-hydrogen) atoms. The molecule has 6 aromatic rings. The van der Waals surface area contributed by atoms with Crippen LogP contribution in [0.1, 0.15) is 31.8 Å². The highest BCUT2D eigenvalue weighted by atomic mass is 35.5. The Labute approximate surface area is 316 Å². The molecule has 0 amide bonds. The van der Waals surface area contributed by atoms with E-state index < -0.39 is 10.5 Å². The lowest BCUT2D eigenvalue weighted by atomic mass is 10.0. The van der Waals surface area contributed by atoms with Gasteiger partial charge in [-0.25, -0.2) is 3.63 Å². The van der Waals surface area contributed by atoms with Crippen LogP contribution in [0.3, 0.4) is 0 Å². The molecular weight excluding hydrogens is 719 g/mol. The fourth-order valence-electron chi connectivity index (χ4n) is 5.32. The Morgan fingerprint density at radius 2 is 0.882 bits per heavy atom. The minimum Gasteiger partial charge on any atom is -0.493 e. The van der Waals surface area contributed by atoms with E-state index >= 15 is 0 Å². The van der Waals surface area contributed by atoms with Crippen molar-refractivity contribution in [1.82, 2.24) is 0 Å². The van der Waals surface area contributed by atoms with Crippen LogP contribution in [-0.2, 0) is 16.5 Å². The maximum Gasteiger partial charge on any atom is 0.252 e. The van der Waals surface area contributed by atoms with Gasteiger partial charge in [0.15, 0.2) is 0 Å². The Morgan fingerprint density at radius 3 is 1.25 bits per heavy atom. The molecule has 0 atom stereocenters. The third-order valence-electron chi connectivity index (χ3n) is 8.00. The quantitative estimate of drug-likeness (QED) is 0.0721. The van der Waals surface area contributed by atoms with Gasteiger partial charge in [-0.05, 0) is 117 Å². The van der Waals surface area contributed by atoms with Crippen LogP contribution in [0.25, 0.3) is 22.3 Å². The lowest BCUT2D eigenvalue weighted by molar-refractivity contribution is 0.107. The molecule has 0 fully saturated rings. The Morgan fingerprint density at radius 1 is 0.490 bits per heavy atom. The molecule has 0 bridgehead atoms. The third-order valence-corrected chi connectivity index (χ3v) is 10.0. The van der Waals surface area contributed by atoms with E-state index in [0.29, 0.717) is 24.3 Å². The van der Waals surface area contributed by atoms with E-state index in [4.69, 9.17) is 36.3 Å². The van der Waals surface area contributed by atoms with Crippen molar-refractivity contribution in [3.05, 3.63) is 168 Å². The van der Waals surface area contributed by atoms with Gasteiger partial charge in [0.2, 0.25) is 0 Å². The number of rotatable bonds is 16. The monoisotopic (exact) mass is 750 g/mol. The maximum atomic E-state index is 12.1. The molecule has 0 radical (unpaired) electrons. The van der Waals surface area contributed by atoms with Crippen molar-refractivity contribution in [2.75, 3.05) is 13.2 Å². The molecule has 6 aromatic carbocycles. The van der Waals surface area contributed by atoms with Crippen LogP contribution < -0.4 is 9.47 Å². The molecule has 0 N–H and O–H groups in total. The van der Waals surface area contributed by atoms with E-state index in [1.54, 1.807) is 24.3 Å². The summed E-state index contributed by atoms with van der Waals surface area (Å²) in [6.07, 6.45) is 1.61. The molecule has 256 valence electrons. The average Bonchev–Trinajstić information content (AvgIpc) is 3.16. The summed E-state index contributed by atoms with van der Waals surface area (Å²) >= 11 is 14.0. The van der Waals surface area contributed by atoms with Gasteiger partial charge in [0, 0.05) is 57.8 Å². The number of ether oxygens (including phenoxy) is 2. The van der Waals surface area contributed by atoms with Crippen molar-refractivity contribution in [1.29, 1.82) is 0 Å². The highest BCUT2D eigenvalue weighted by Crippen LogP contribution is 2.41. The summed E-state index contributed by atoms with van der Waals surface area (Å²) in [5, 5.41) is -1.09. The molecule has 0 unspecified atom stereocenters. The van der Waals surface area contributed by atoms with Crippen LogP contribution in [0.2, 0.25) is 0 Å². The number of carbonyl (C=O) groups excluding carboxylic acids is 2. The van der Waals surface area contributed by atoms with Crippen molar-refractivity contribution < 1.29 is 22.7 Å². The minimum absolute atomic E-state index is 0.378. The van der Waals surface area contributed by atoms with E-state index in [1.807, 2.05) is 97.1 Å². The summed E-state index contributed by atoms with van der Waals surface area (Å²) in [6.45, 7) is 1.11. The van der Waals surface area contributed by atoms with E-state index in [0.717, 1.165) is 80.5 Å². The summed E-state index contributed by atoms with van der Waals surface area (Å²) in [6, 6.07) is 46.3. The van der Waals surface area contributed by atoms with E-state index in [1.165, 1.54) is 11.1 Å². The van der Waals surface area contributed by atoms with E-state index in [9.17, 15) is 9.59 Å². The second-order valence-electron chi connectivity index (χ2n) is 11.4. The predicted octanol–water partition coefficient (Wildman–Crippen LogP) is 11.8. The fraction of sp³-hybridized carbons (Fsp3) is 0.0952. The van der Waals surface area contributed by atoms with E-state index in [2.05, 4.69) is 24.3 Å². The molecule has 0 aliphatic heterocycles. The predicted molar refractivity (Wildman–Crippen MR) is 208 cm³/mol. The molecule has 0 aliphatic rings. The second-order valence-corrected chi connectivity index (χ2v) is 13.9.